The molecule has 0 saturated carbocycles. The molecule has 6 N–H and O–H groups in total. The van der Waals surface area contributed by atoms with Crippen molar-refractivity contribution in [2.45, 2.75) is 12.5 Å². The SMILES string of the molecule is N#CNC1=NC(c2ccccc2OCCc2ccccc2)c2c(nc(N)c(C#N)c2N)N1. The molecule has 0 radical (unpaired) electrons. The van der Waals surface area contributed by atoms with Gasteiger partial charge < -0.3 is 21.5 Å². The van der Waals surface area contributed by atoms with Crippen molar-refractivity contribution < 1.29 is 4.74 Å². The van der Waals surface area contributed by atoms with E-state index in [1.54, 1.807) is 0 Å². The number of nitriles is 2. The molecule has 1 aliphatic rings. The van der Waals surface area contributed by atoms with Gasteiger partial charge in [0.2, 0.25) is 5.96 Å². The highest BCUT2D eigenvalue weighted by Crippen LogP contribution is 2.43. The Balaban J connectivity index is 1.73. The number of nitrogens with zero attached hydrogens (tertiary/aromatic N) is 4. The molecule has 32 heavy (non-hydrogen) atoms. The van der Waals surface area contributed by atoms with E-state index in [-0.39, 0.29) is 23.0 Å². The lowest BCUT2D eigenvalue weighted by Gasteiger charge is -2.27. The molecule has 0 fully saturated rings. The number of ether oxygens (including phenoxy) is 1. The third-order valence-electron chi connectivity index (χ3n) is 5.06. The van der Waals surface area contributed by atoms with Crippen molar-refractivity contribution in [3.63, 3.8) is 0 Å². The number of anilines is 3. The van der Waals surface area contributed by atoms with Crippen molar-refractivity contribution in [3.8, 4) is 18.0 Å². The molecular weight excluding hydrogens is 404 g/mol. The van der Waals surface area contributed by atoms with Crippen LogP contribution in [-0.4, -0.2) is 17.6 Å². The van der Waals surface area contributed by atoms with E-state index in [1.807, 2.05) is 66.9 Å². The lowest BCUT2D eigenvalue weighted by atomic mass is 9.94. The van der Waals surface area contributed by atoms with Gasteiger partial charge in [-0.1, -0.05) is 48.5 Å². The molecule has 4 rings (SSSR count). The summed E-state index contributed by atoms with van der Waals surface area (Å²) < 4.78 is 6.10. The second-order valence-electron chi connectivity index (χ2n) is 7.02. The fraction of sp³-hybridized carbons (Fsp3) is 0.130. The number of fused-ring (bicyclic) bond motifs is 1. The van der Waals surface area contributed by atoms with Crippen molar-refractivity contribution in [1.82, 2.24) is 10.3 Å². The number of pyridine rings is 1. The third kappa shape index (κ3) is 3.95. The predicted octanol–water partition coefficient (Wildman–Crippen LogP) is 2.68. The quantitative estimate of drug-likeness (QED) is 0.359. The molecule has 1 unspecified atom stereocenters. The average Bonchev–Trinajstić information content (AvgIpc) is 2.80. The Bertz CT molecular complexity index is 1260. The van der Waals surface area contributed by atoms with E-state index in [9.17, 15) is 5.26 Å². The van der Waals surface area contributed by atoms with Gasteiger partial charge in [-0.05, 0) is 11.6 Å². The number of para-hydroxylation sites is 1. The molecule has 2 heterocycles. The minimum absolute atomic E-state index is 0.000559. The highest BCUT2D eigenvalue weighted by molar-refractivity contribution is 5.98. The second kappa shape index (κ2) is 8.94. The van der Waals surface area contributed by atoms with Gasteiger partial charge in [0, 0.05) is 17.5 Å². The first kappa shape index (κ1) is 20.5. The Labute approximate surface area is 185 Å². The van der Waals surface area contributed by atoms with Crippen molar-refractivity contribution in [2.24, 2.45) is 4.99 Å². The maximum Gasteiger partial charge on any atom is 0.211 e. The van der Waals surface area contributed by atoms with E-state index in [1.165, 1.54) is 5.56 Å². The number of benzene rings is 2. The Hall–Kier alpha value is -4.76. The van der Waals surface area contributed by atoms with Crippen LogP contribution in [0.1, 0.15) is 28.3 Å². The minimum Gasteiger partial charge on any atom is -0.493 e. The van der Waals surface area contributed by atoms with Gasteiger partial charge in [-0.3, -0.25) is 5.32 Å². The van der Waals surface area contributed by atoms with E-state index in [0.29, 0.717) is 23.7 Å². The van der Waals surface area contributed by atoms with Crippen LogP contribution in [0, 0.1) is 22.8 Å². The standard InChI is InChI=1S/C23H20N8O/c24-12-16-19(26)18-20(29-23(28-13-25)31-22(18)30-21(16)27)15-8-4-5-9-17(15)32-11-10-14-6-2-1-3-7-14/h1-9,20H,10-11H2,(H6,26,27,28,29,30,31). The first-order chi connectivity index (χ1) is 15.6. The summed E-state index contributed by atoms with van der Waals surface area (Å²) >= 11 is 0. The normalized spacial score (nSPS) is 14.2. The van der Waals surface area contributed by atoms with Crippen LogP contribution in [0.4, 0.5) is 17.3 Å². The van der Waals surface area contributed by atoms with Crippen LogP contribution in [0.5, 0.6) is 5.75 Å². The summed E-state index contributed by atoms with van der Waals surface area (Å²) in [6.07, 6.45) is 2.58. The molecular formula is C23H20N8O. The average molecular weight is 424 g/mol. The topological polar surface area (TPSA) is 158 Å². The molecule has 0 saturated heterocycles. The molecule has 3 aromatic rings. The number of hydrogen-bond acceptors (Lipinski definition) is 9. The maximum atomic E-state index is 9.49. The van der Waals surface area contributed by atoms with Gasteiger partial charge in [0.05, 0.1) is 12.3 Å². The molecule has 1 aromatic heterocycles. The summed E-state index contributed by atoms with van der Waals surface area (Å²) in [4.78, 5) is 8.88. The number of aromatic nitrogens is 1. The summed E-state index contributed by atoms with van der Waals surface area (Å²) in [7, 11) is 0. The van der Waals surface area contributed by atoms with E-state index >= 15 is 0 Å². The van der Waals surface area contributed by atoms with Crippen LogP contribution in [0.15, 0.2) is 59.6 Å². The molecule has 0 bridgehead atoms. The van der Waals surface area contributed by atoms with E-state index in [0.717, 1.165) is 12.0 Å². The van der Waals surface area contributed by atoms with Crippen molar-refractivity contribution >= 4 is 23.3 Å². The minimum atomic E-state index is -0.657. The molecule has 1 aliphatic heterocycles. The van der Waals surface area contributed by atoms with Gasteiger partial charge in [0.25, 0.3) is 0 Å². The molecule has 0 spiro atoms. The molecule has 2 aromatic carbocycles. The van der Waals surface area contributed by atoms with Crippen LogP contribution in [0.3, 0.4) is 0 Å². The van der Waals surface area contributed by atoms with Crippen molar-refractivity contribution in [2.75, 3.05) is 23.4 Å². The molecule has 0 amide bonds. The van der Waals surface area contributed by atoms with Crippen LogP contribution >= 0.6 is 0 Å². The molecule has 9 nitrogen and oxygen atoms in total. The lowest BCUT2D eigenvalue weighted by molar-refractivity contribution is 0.317. The highest BCUT2D eigenvalue weighted by atomic mass is 16.5. The first-order valence-electron chi connectivity index (χ1n) is 9.87. The number of nitrogen functional groups attached to an aromatic ring is 2. The van der Waals surface area contributed by atoms with Gasteiger partial charge >= 0.3 is 0 Å². The van der Waals surface area contributed by atoms with Crippen molar-refractivity contribution in [1.29, 1.82) is 10.5 Å². The summed E-state index contributed by atoms with van der Waals surface area (Å²) in [6.45, 7) is 0.463. The number of aliphatic imine (C=N–C) groups is 1. The number of nitrogens with one attached hydrogen (secondary N) is 2. The summed E-state index contributed by atoms with van der Waals surface area (Å²) in [5, 5.41) is 24.0. The van der Waals surface area contributed by atoms with Gasteiger partial charge in [0.1, 0.15) is 35.1 Å². The van der Waals surface area contributed by atoms with Gasteiger partial charge in [-0.15, -0.1) is 0 Å². The molecule has 9 heteroatoms. The molecule has 1 atom stereocenters. The van der Waals surface area contributed by atoms with Crippen LogP contribution in [0.25, 0.3) is 0 Å². The summed E-state index contributed by atoms with van der Waals surface area (Å²) in [5.41, 5.74) is 14.9. The first-order valence-corrected chi connectivity index (χ1v) is 9.87. The third-order valence-corrected chi connectivity index (χ3v) is 5.06. The molecule has 158 valence electrons. The number of nitrogens with two attached hydrogens (primary N) is 2. The zero-order chi connectivity index (χ0) is 22.5. The van der Waals surface area contributed by atoms with Gasteiger partial charge in [-0.2, -0.15) is 10.5 Å². The monoisotopic (exact) mass is 424 g/mol. The largest absolute Gasteiger partial charge is 0.493 e. The Kier molecular flexibility index (Phi) is 5.73. The van der Waals surface area contributed by atoms with Crippen LogP contribution in [0.2, 0.25) is 0 Å². The van der Waals surface area contributed by atoms with Gasteiger partial charge in [-0.25, -0.2) is 9.98 Å². The Morgan fingerprint density at radius 3 is 2.56 bits per heavy atom. The lowest BCUT2D eigenvalue weighted by Crippen LogP contribution is -2.33. The van der Waals surface area contributed by atoms with Crippen molar-refractivity contribution in [3.05, 3.63) is 76.9 Å². The van der Waals surface area contributed by atoms with E-state index in [4.69, 9.17) is 21.5 Å². The fourth-order valence-electron chi connectivity index (χ4n) is 3.57. The summed E-state index contributed by atoms with van der Waals surface area (Å²) in [5.74, 6) is 1.15. The number of hydrogen-bond donors (Lipinski definition) is 4. The van der Waals surface area contributed by atoms with Crippen LogP contribution in [-0.2, 0) is 6.42 Å². The Morgan fingerprint density at radius 1 is 1.06 bits per heavy atom. The fourth-order valence-corrected chi connectivity index (χ4v) is 3.57. The van der Waals surface area contributed by atoms with Crippen LogP contribution < -0.4 is 26.8 Å². The second-order valence-corrected chi connectivity index (χ2v) is 7.02. The Morgan fingerprint density at radius 2 is 1.81 bits per heavy atom. The van der Waals surface area contributed by atoms with Gasteiger partial charge in [0.15, 0.2) is 6.19 Å². The molecule has 0 aliphatic carbocycles. The highest BCUT2D eigenvalue weighted by Gasteiger charge is 2.31. The van der Waals surface area contributed by atoms with E-state index in [2.05, 4.69) is 20.6 Å². The summed E-state index contributed by atoms with van der Waals surface area (Å²) in [6, 6.07) is 18.8. The smallest absolute Gasteiger partial charge is 0.211 e. The van der Waals surface area contributed by atoms with E-state index < -0.39 is 6.04 Å². The number of guanidine groups is 1. The zero-order valence-electron chi connectivity index (χ0n) is 17.0. The number of rotatable bonds is 5. The zero-order valence-corrected chi connectivity index (χ0v) is 17.0. The predicted molar refractivity (Wildman–Crippen MR) is 122 cm³/mol. The maximum absolute atomic E-state index is 9.49.